The van der Waals surface area contributed by atoms with Crippen LogP contribution in [0.2, 0.25) is 0 Å². The van der Waals surface area contributed by atoms with Crippen LogP contribution in [-0.2, 0) is 0 Å². The predicted octanol–water partition coefficient (Wildman–Crippen LogP) is 2.94. The Hall–Kier alpha value is 0.727. The van der Waals surface area contributed by atoms with Gasteiger partial charge >= 0.3 is 87.4 Å². The van der Waals surface area contributed by atoms with Crippen LogP contribution >= 0.6 is 0 Å². The topological polar surface area (TPSA) is 0 Å². The van der Waals surface area contributed by atoms with Crippen molar-refractivity contribution < 1.29 is 35.4 Å². The zero-order valence-corrected chi connectivity index (χ0v) is 8.12. The van der Waals surface area contributed by atoms with Crippen LogP contribution < -0.4 is 0 Å². The van der Waals surface area contributed by atoms with Gasteiger partial charge in [0.05, 0.1) is 0 Å². The van der Waals surface area contributed by atoms with E-state index in [0.29, 0.717) is 0 Å². The van der Waals surface area contributed by atoms with Crippen molar-refractivity contribution >= 4 is 0 Å². The summed E-state index contributed by atoms with van der Waals surface area (Å²) in [5.74, 6) is 0. The molecule has 0 fully saturated rings. The predicted molar refractivity (Wildman–Crippen MR) is 40.3 cm³/mol. The van der Waals surface area contributed by atoms with E-state index in [1.807, 2.05) is 0 Å². The molecule has 0 spiro atoms. The van der Waals surface area contributed by atoms with Crippen LogP contribution in [0.4, 0.5) is 0 Å². The average molecular weight is 288 g/mol. The van der Waals surface area contributed by atoms with E-state index in [4.69, 9.17) is 0 Å². The van der Waals surface area contributed by atoms with Crippen LogP contribution in [0.25, 0.3) is 0 Å². The SMILES string of the molecule is CCCCC1=[C]([Er])CC=C1. The van der Waals surface area contributed by atoms with Gasteiger partial charge in [-0.1, -0.05) is 0 Å². The molecule has 1 aliphatic rings. The fourth-order valence-corrected chi connectivity index (χ4v) is 1.69. The van der Waals surface area contributed by atoms with E-state index >= 15 is 0 Å². The second-order valence-electron chi connectivity index (χ2n) is 2.59. The van der Waals surface area contributed by atoms with E-state index in [0.717, 1.165) is 6.42 Å². The van der Waals surface area contributed by atoms with Crippen LogP contribution in [-0.4, -0.2) is 0 Å². The van der Waals surface area contributed by atoms with Crippen LogP contribution in [0.5, 0.6) is 0 Å². The minimum atomic E-state index is 1.16. The molecule has 1 heteroatoms. The van der Waals surface area contributed by atoms with Gasteiger partial charge in [0.1, 0.15) is 0 Å². The summed E-state index contributed by atoms with van der Waals surface area (Å²) in [5, 5.41) is 0. The minimum absolute atomic E-state index is 1.16. The zero-order valence-electron chi connectivity index (χ0n) is 6.27. The number of hydrogen-bond acceptors (Lipinski definition) is 0. The second-order valence-corrected chi connectivity index (χ2v) is 3.70. The average Bonchev–Trinajstić information content (AvgIpc) is 2.31. The summed E-state index contributed by atoms with van der Waals surface area (Å²) in [4.78, 5) is 0. The molecule has 0 heterocycles. The third kappa shape index (κ3) is 2.40. The molecule has 61 valence electrons. The van der Waals surface area contributed by atoms with E-state index in [2.05, 4.69) is 54.4 Å². The molecule has 0 saturated heterocycles. The van der Waals surface area contributed by atoms with Gasteiger partial charge in [-0.25, -0.2) is 0 Å². The maximum absolute atomic E-state index is 2.82. The Labute approximate surface area is 86.7 Å². The van der Waals surface area contributed by atoms with E-state index in [-0.39, 0.29) is 0 Å². The first-order valence-electron chi connectivity index (χ1n) is 3.84. The van der Waals surface area contributed by atoms with Crippen molar-refractivity contribution in [1.29, 1.82) is 0 Å². The van der Waals surface area contributed by atoms with E-state index in [1.54, 1.807) is 5.57 Å². The van der Waals surface area contributed by atoms with Crippen molar-refractivity contribution in [2.24, 2.45) is 0 Å². The van der Waals surface area contributed by atoms with Crippen LogP contribution in [0.1, 0.15) is 32.6 Å². The van der Waals surface area contributed by atoms with Gasteiger partial charge < -0.3 is 0 Å². The Morgan fingerprint density at radius 1 is 1.60 bits per heavy atom. The Bertz CT molecular complexity index is 166. The molecular formula is C9H13Er. The molecule has 0 aromatic carbocycles. The first-order chi connectivity index (χ1) is 4.84. The van der Waals surface area contributed by atoms with Gasteiger partial charge in [-0.15, -0.1) is 0 Å². The molecule has 0 nitrogen and oxygen atoms in total. The molecule has 0 saturated carbocycles. The summed E-state index contributed by atoms with van der Waals surface area (Å²) in [6.45, 7) is 2.24. The van der Waals surface area contributed by atoms with E-state index < -0.39 is 0 Å². The van der Waals surface area contributed by atoms with Crippen molar-refractivity contribution in [2.75, 3.05) is 0 Å². The molecule has 0 aromatic heterocycles. The molecule has 0 N–H and O–H groups in total. The van der Waals surface area contributed by atoms with Gasteiger partial charge in [0.25, 0.3) is 0 Å². The standard InChI is InChI=1S/C9H13.Er/c1-2-3-6-9-7-4-5-8-9;/h4,7H,2-3,5-6H2,1H3;. The molecule has 0 radical (unpaired) electrons. The van der Waals surface area contributed by atoms with Gasteiger partial charge in [-0.05, 0) is 0 Å². The first-order valence-corrected chi connectivity index (χ1v) is 4.76. The van der Waals surface area contributed by atoms with Gasteiger partial charge in [0, 0.05) is 0 Å². The summed E-state index contributed by atoms with van der Waals surface area (Å²) in [5.41, 5.74) is 1.55. The van der Waals surface area contributed by atoms with Crippen molar-refractivity contribution in [1.82, 2.24) is 0 Å². The Balaban J connectivity index is 2.38. The molecule has 0 bridgehead atoms. The summed E-state index contributed by atoms with van der Waals surface area (Å²) in [6, 6.07) is 0. The van der Waals surface area contributed by atoms with Crippen molar-refractivity contribution in [3.63, 3.8) is 0 Å². The Kier molecular flexibility index (Phi) is 4.03. The van der Waals surface area contributed by atoms with Gasteiger partial charge in [0.2, 0.25) is 0 Å². The molecule has 10 heavy (non-hydrogen) atoms. The quantitative estimate of drug-likeness (QED) is 0.749. The third-order valence-corrected chi connectivity index (χ3v) is 2.69. The molecular weight excluding hydrogens is 275 g/mol. The summed E-state index contributed by atoms with van der Waals surface area (Å²) >= 11 is 2.82. The summed E-state index contributed by atoms with van der Waals surface area (Å²) in [7, 11) is 0. The normalized spacial score (nSPS) is 17.1. The summed E-state index contributed by atoms with van der Waals surface area (Å²) < 4.78 is 1.49. The maximum atomic E-state index is 2.82. The second kappa shape index (κ2) is 4.57. The van der Waals surface area contributed by atoms with Gasteiger partial charge in [0.15, 0.2) is 0 Å². The number of hydrogen-bond donors (Lipinski definition) is 0. The first kappa shape index (κ1) is 8.82. The van der Waals surface area contributed by atoms with E-state index in [9.17, 15) is 0 Å². The Morgan fingerprint density at radius 2 is 2.40 bits per heavy atom. The van der Waals surface area contributed by atoms with Gasteiger partial charge in [-0.3, -0.25) is 0 Å². The van der Waals surface area contributed by atoms with E-state index in [1.165, 1.54) is 21.0 Å². The van der Waals surface area contributed by atoms with Crippen molar-refractivity contribution in [2.45, 2.75) is 32.6 Å². The summed E-state index contributed by atoms with van der Waals surface area (Å²) in [6.07, 6.45) is 9.56. The van der Waals surface area contributed by atoms with Crippen molar-refractivity contribution in [3.05, 3.63) is 19.5 Å². The van der Waals surface area contributed by atoms with Gasteiger partial charge in [-0.2, -0.15) is 0 Å². The molecule has 0 amide bonds. The number of unbranched alkanes of at least 4 members (excludes halogenated alkanes) is 1. The molecule has 0 aromatic rings. The van der Waals surface area contributed by atoms with Crippen molar-refractivity contribution in [3.8, 4) is 0 Å². The van der Waals surface area contributed by atoms with Crippen LogP contribution in [0, 0.1) is 35.4 Å². The monoisotopic (exact) mass is 287 g/mol. The number of allylic oxidation sites excluding steroid dienone is 4. The fourth-order valence-electron chi connectivity index (χ4n) is 1.08. The van der Waals surface area contributed by atoms with Crippen LogP contribution in [0.3, 0.4) is 0 Å². The molecule has 1 aliphatic carbocycles. The fraction of sp³-hybridized carbons (Fsp3) is 0.556. The molecule has 1 rings (SSSR count). The Morgan fingerprint density at radius 3 is 2.90 bits per heavy atom. The molecule has 0 aliphatic heterocycles. The number of rotatable bonds is 3. The molecule has 0 atom stereocenters. The zero-order chi connectivity index (χ0) is 7.40. The third-order valence-electron chi connectivity index (χ3n) is 1.72. The van der Waals surface area contributed by atoms with Crippen LogP contribution in [0.15, 0.2) is 19.5 Å². The molecule has 0 unspecified atom stereocenters.